The minimum Gasteiger partial charge on any atom is -0.292 e. The van der Waals surface area contributed by atoms with Crippen molar-refractivity contribution in [2.45, 2.75) is 5.16 Å². The van der Waals surface area contributed by atoms with Crippen LogP contribution in [-0.2, 0) is 0 Å². The Bertz CT molecular complexity index is 754. The summed E-state index contributed by atoms with van der Waals surface area (Å²) in [4.78, 5) is 12.7. The molecule has 7 heteroatoms. The molecule has 2 heterocycles. The fraction of sp³-hybridized carbons (Fsp3) is 0.0714. The van der Waals surface area contributed by atoms with Crippen molar-refractivity contribution >= 4 is 40.5 Å². The highest BCUT2D eigenvalue weighted by atomic mass is 35.5. The van der Waals surface area contributed by atoms with Crippen LogP contribution in [0.25, 0.3) is 5.69 Å². The number of Topliss-reactive ketones (excluding diaryl/α,β-unsaturated/α-hetero) is 1. The molecule has 0 atom stereocenters. The first-order valence-corrected chi connectivity index (χ1v) is 8.29. The smallest absolute Gasteiger partial charge is 0.196 e. The zero-order valence-electron chi connectivity index (χ0n) is 10.8. The Morgan fingerprint density at radius 3 is 2.76 bits per heavy atom. The lowest BCUT2D eigenvalue weighted by molar-refractivity contribution is 0.102. The van der Waals surface area contributed by atoms with Crippen LogP contribution in [0.15, 0.2) is 53.9 Å². The van der Waals surface area contributed by atoms with E-state index in [2.05, 4.69) is 10.2 Å². The van der Waals surface area contributed by atoms with Gasteiger partial charge in [-0.25, -0.2) is 0 Å². The van der Waals surface area contributed by atoms with Crippen molar-refractivity contribution in [3.05, 3.63) is 58.0 Å². The molecule has 2 aromatic heterocycles. The average molecular weight is 336 g/mol. The van der Waals surface area contributed by atoms with Crippen molar-refractivity contribution in [3.63, 3.8) is 0 Å². The Balaban J connectivity index is 1.72. The molecule has 0 unspecified atom stereocenters. The molecule has 0 spiro atoms. The number of halogens is 1. The molecule has 0 aliphatic carbocycles. The average Bonchev–Trinajstić information content (AvgIpc) is 3.14. The van der Waals surface area contributed by atoms with Crippen molar-refractivity contribution in [2.75, 3.05) is 5.75 Å². The molecule has 0 saturated carbocycles. The van der Waals surface area contributed by atoms with E-state index in [0.29, 0.717) is 20.1 Å². The van der Waals surface area contributed by atoms with Gasteiger partial charge in [0.15, 0.2) is 10.9 Å². The minimum atomic E-state index is 0.0412. The first kappa shape index (κ1) is 14.3. The van der Waals surface area contributed by atoms with Crippen LogP contribution in [0.2, 0.25) is 4.34 Å². The normalized spacial score (nSPS) is 10.7. The summed E-state index contributed by atoms with van der Waals surface area (Å²) in [6.45, 7) is 0. The van der Waals surface area contributed by atoms with E-state index in [0.717, 1.165) is 5.69 Å². The molecule has 3 aromatic rings. The topological polar surface area (TPSA) is 47.8 Å². The Labute approximate surface area is 134 Å². The van der Waals surface area contributed by atoms with Gasteiger partial charge in [-0.15, -0.1) is 21.5 Å². The van der Waals surface area contributed by atoms with Gasteiger partial charge in [-0.1, -0.05) is 41.6 Å². The molecule has 0 amide bonds. The van der Waals surface area contributed by atoms with Crippen LogP contribution in [-0.4, -0.2) is 26.3 Å². The van der Waals surface area contributed by atoms with Crippen molar-refractivity contribution < 1.29 is 4.79 Å². The molecule has 4 nitrogen and oxygen atoms in total. The minimum absolute atomic E-state index is 0.0412. The van der Waals surface area contributed by atoms with E-state index in [1.165, 1.54) is 23.1 Å². The number of aromatic nitrogens is 3. The molecule has 0 bridgehead atoms. The number of carbonyl (C=O) groups excluding carboxylic acids is 1. The van der Waals surface area contributed by atoms with Gasteiger partial charge >= 0.3 is 0 Å². The van der Waals surface area contributed by atoms with Crippen LogP contribution in [0, 0.1) is 0 Å². The number of nitrogens with zero attached hydrogens (tertiary/aromatic N) is 3. The van der Waals surface area contributed by atoms with Gasteiger partial charge in [-0.05, 0) is 24.3 Å². The van der Waals surface area contributed by atoms with Crippen LogP contribution in [0.3, 0.4) is 0 Å². The lowest BCUT2D eigenvalue weighted by atomic mass is 10.3. The van der Waals surface area contributed by atoms with Crippen LogP contribution in [0.4, 0.5) is 0 Å². The number of hydrogen-bond donors (Lipinski definition) is 0. The fourth-order valence-electron chi connectivity index (χ4n) is 1.75. The van der Waals surface area contributed by atoms with Crippen LogP contribution < -0.4 is 0 Å². The molecule has 0 fully saturated rings. The molecule has 0 N–H and O–H groups in total. The summed E-state index contributed by atoms with van der Waals surface area (Å²) in [5.41, 5.74) is 0.969. The third-order valence-corrected chi connectivity index (χ3v) is 4.95. The van der Waals surface area contributed by atoms with Crippen molar-refractivity contribution in [1.29, 1.82) is 0 Å². The van der Waals surface area contributed by atoms with Gasteiger partial charge in [0, 0.05) is 5.69 Å². The second-order valence-corrected chi connectivity index (χ2v) is 6.79. The summed E-state index contributed by atoms with van der Waals surface area (Å²) in [7, 11) is 0. The van der Waals surface area contributed by atoms with Crippen LogP contribution >= 0.6 is 34.7 Å². The number of rotatable bonds is 5. The Kier molecular flexibility index (Phi) is 4.38. The zero-order chi connectivity index (χ0) is 14.7. The van der Waals surface area contributed by atoms with E-state index in [1.807, 2.05) is 34.9 Å². The van der Waals surface area contributed by atoms with E-state index in [9.17, 15) is 4.79 Å². The quantitative estimate of drug-likeness (QED) is 0.523. The summed E-state index contributed by atoms with van der Waals surface area (Å²) < 4.78 is 2.48. The summed E-state index contributed by atoms with van der Waals surface area (Å²) >= 11 is 8.50. The lowest BCUT2D eigenvalue weighted by Crippen LogP contribution is -2.02. The summed E-state index contributed by atoms with van der Waals surface area (Å²) in [6, 6.07) is 13.3. The van der Waals surface area contributed by atoms with Gasteiger partial charge in [-0.3, -0.25) is 9.36 Å². The summed E-state index contributed by atoms with van der Waals surface area (Å²) in [5.74, 6) is 0.349. The standard InChI is InChI=1S/C14H10ClN3OS2/c15-13-7-6-12(21-13)11(19)8-20-14-17-16-9-18(14)10-4-2-1-3-5-10/h1-7,9H,8H2. The maximum absolute atomic E-state index is 12.1. The molecule has 0 saturated heterocycles. The van der Waals surface area contributed by atoms with Gasteiger partial charge in [-0.2, -0.15) is 0 Å². The maximum Gasteiger partial charge on any atom is 0.196 e. The highest BCUT2D eigenvalue weighted by molar-refractivity contribution is 7.99. The van der Waals surface area contributed by atoms with Crippen molar-refractivity contribution in [3.8, 4) is 5.69 Å². The molecule has 0 radical (unpaired) electrons. The highest BCUT2D eigenvalue weighted by Crippen LogP contribution is 2.25. The number of hydrogen-bond acceptors (Lipinski definition) is 5. The van der Waals surface area contributed by atoms with E-state index in [4.69, 9.17) is 11.6 Å². The van der Waals surface area contributed by atoms with Gasteiger partial charge in [0.1, 0.15) is 6.33 Å². The number of para-hydroxylation sites is 1. The Morgan fingerprint density at radius 2 is 2.05 bits per heavy atom. The highest BCUT2D eigenvalue weighted by Gasteiger charge is 2.13. The Hall–Kier alpha value is -1.63. The Morgan fingerprint density at radius 1 is 1.24 bits per heavy atom. The van der Waals surface area contributed by atoms with Crippen LogP contribution in [0.1, 0.15) is 9.67 Å². The lowest BCUT2D eigenvalue weighted by Gasteiger charge is -2.05. The molecule has 21 heavy (non-hydrogen) atoms. The molecular formula is C14H10ClN3OS2. The third-order valence-electron chi connectivity index (χ3n) is 2.73. The van der Waals surface area contributed by atoms with Crippen molar-refractivity contribution in [1.82, 2.24) is 14.8 Å². The summed E-state index contributed by atoms with van der Waals surface area (Å²) in [5, 5.41) is 8.67. The maximum atomic E-state index is 12.1. The van der Waals surface area contributed by atoms with E-state index in [1.54, 1.807) is 18.5 Å². The fourth-order valence-corrected chi connectivity index (χ4v) is 3.64. The molecule has 106 valence electrons. The first-order valence-electron chi connectivity index (χ1n) is 6.11. The molecule has 0 aliphatic heterocycles. The van der Waals surface area contributed by atoms with Crippen LogP contribution in [0.5, 0.6) is 0 Å². The van der Waals surface area contributed by atoms with Gasteiger partial charge in [0.05, 0.1) is 15.0 Å². The third kappa shape index (κ3) is 3.34. The van der Waals surface area contributed by atoms with E-state index < -0.39 is 0 Å². The van der Waals surface area contributed by atoms with Gasteiger partial charge < -0.3 is 0 Å². The largest absolute Gasteiger partial charge is 0.292 e. The monoisotopic (exact) mass is 335 g/mol. The SMILES string of the molecule is O=C(CSc1nncn1-c1ccccc1)c1ccc(Cl)s1. The molecular weight excluding hydrogens is 326 g/mol. The predicted octanol–water partition coefficient (Wildman–Crippen LogP) is 3.96. The first-order chi connectivity index (χ1) is 10.2. The number of thioether (sulfide) groups is 1. The predicted molar refractivity (Wildman–Crippen MR) is 85.7 cm³/mol. The van der Waals surface area contributed by atoms with E-state index in [-0.39, 0.29) is 5.78 Å². The molecule has 3 rings (SSSR count). The van der Waals surface area contributed by atoms with Crippen molar-refractivity contribution in [2.24, 2.45) is 0 Å². The van der Waals surface area contributed by atoms with Gasteiger partial charge in [0.25, 0.3) is 0 Å². The van der Waals surface area contributed by atoms with E-state index >= 15 is 0 Å². The number of thiophene rings is 1. The zero-order valence-corrected chi connectivity index (χ0v) is 13.2. The number of carbonyl (C=O) groups is 1. The van der Waals surface area contributed by atoms with Gasteiger partial charge in [0.2, 0.25) is 0 Å². The second-order valence-electron chi connectivity index (χ2n) is 4.13. The summed E-state index contributed by atoms with van der Waals surface area (Å²) in [6.07, 6.45) is 1.64. The molecule has 1 aromatic carbocycles. The molecule has 0 aliphatic rings. The second kappa shape index (κ2) is 6.43. The number of benzene rings is 1. The number of ketones is 1.